The molecule has 0 aromatic heterocycles. The normalized spacial score (nSPS) is 32.4. The number of nitrogens with one attached hydrogen (secondary N) is 1. The summed E-state index contributed by atoms with van der Waals surface area (Å²) in [4.78, 5) is 18.3. The van der Waals surface area contributed by atoms with Gasteiger partial charge in [-0.15, -0.1) is 0 Å². The first-order valence-electron chi connectivity index (χ1n) is 16.1. The number of piperidine rings is 2. The number of likely N-dealkylation sites (tertiary alicyclic amines) is 2. The summed E-state index contributed by atoms with van der Waals surface area (Å²) in [6.07, 6.45) is 14.0. The van der Waals surface area contributed by atoms with Gasteiger partial charge in [0.15, 0.2) is 0 Å². The third-order valence-electron chi connectivity index (χ3n) is 11.2. The fraction of sp³-hybridized carbons (Fsp3) is 0.629. The fourth-order valence-corrected chi connectivity index (χ4v) is 9.78. The number of anilines is 1. The molecular weight excluding hydrogens is 497 g/mol. The van der Waals surface area contributed by atoms with Crippen molar-refractivity contribution in [1.29, 1.82) is 0 Å². The summed E-state index contributed by atoms with van der Waals surface area (Å²) < 4.78 is 13.2. The van der Waals surface area contributed by atoms with Gasteiger partial charge in [0.25, 0.3) is 0 Å². The van der Waals surface area contributed by atoms with E-state index in [9.17, 15) is 9.18 Å². The maximum absolute atomic E-state index is 13.6. The van der Waals surface area contributed by atoms with E-state index in [-0.39, 0.29) is 17.3 Å². The number of amides is 2. The van der Waals surface area contributed by atoms with Crippen LogP contribution < -0.4 is 5.32 Å². The Hall–Kier alpha value is -2.40. The minimum atomic E-state index is -0.152. The zero-order valence-electron chi connectivity index (χ0n) is 24.0. The molecule has 4 aliphatic carbocycles. The highest BCUT2D eigenvalue weighted by Gasteiger charge is 2.52. The molecule has 2 saturated heterocycles. The number of para-hydroxylation sites is 1. The first kappa shape index (κ1) is 26.5. The number of rotatable bonds is 6. The van der Waals surface area contributed by atoms with Crippen molar-refractivity contribution in [1.82, 2.24) is 9.80 Å². The summed E-state index contributed by atoms with van der Waals surface area (Å²) in [6.45, 7) is 5.08. The Labute approximate surface area is 239 Å². The number of benzene rings is 2. The maximum atomic E-state index is 13.6. The molecule has 2 aromatic rings. The van der Waals surface area contributed by atoms with Gasteiger partial charge in [0, 0.05) is 25.3 Å². The quantitative estimate of drug-likeness (QED) is 0.410. The molecule has 1 N–H and O–H groups in total. The Balaban J connectivity index is 0.934. The number of hydrogen-bond donors (Lipinski definition) is 1. The molecule has 40 heavy (non-hydrogen) atoms. The molecule has 2 aromatic carbocycles. The first-order valence-corrected chi connectivity index (χ1v) is 16.1. The van der Waals surface area contributed by atoms with Crippen LogP contribution in [0, 0.1) is 35.4 Å². The van der Waals surface area contributed by atoms with Crippen LogP contribution >= 0.6 is 0 Å². The topological polar surface area (TPSA) is 35.6 Å². The van der Waals surface area contributed by atoms with E-state index in [1.54, 1.807) is 12.1 Å². The second-order valence-corrected chi connectivity index (χ2v) is 14.2. The molecule has 1 unspecified atom stereocenters. The van der Waals surface area contributed by atoms with E-state index < -0.39 is 0 Å². The van der Waals surface area contributed by atoms with Crippen LogP contribution in [0.2, 0.25) is 0 Å². The Bertz CT molecular complexity index is 1150. The van der Waals surface area contributed by atoms with Gasteiger partial charge in [-0.2, -0.15) is 0 Å². The van der Waals surface area contributed by atoms with E-state index in [0.717, 1.165) is 69.0 Å². The van der Waals surface area contributed by atoms with Crippen molar-refractivity contribution >= 4 is 11.7 Å². The SMILES string of the molecule is O=C(Nc1ccccc1C12CC3CC(CC(C3)C1)C2)N1CCCC(CN2CCC(Cc3ccc(F)cc3)CC2)C1. The molecule has 4 nitrogen and oxygen atoms in total. The minimum Gasteiger partial charge on any atom is -0.324 e. The largest absolute Gasteiger partial charge is 0.324 e. The maximum Gasteiger partial charge on any atom is 0.321 e. The van der Waals surface area contributed by atoms with Gasteiger partial charge in [0.1, 0.15) is 5.82 Å². The van der Waals surface area contributed by atoms with Gasteiger partial charge in [-0.1, -0.05) is 30.3 Å². The molecule has 4 saturated carbocycles. The van der Waals surface area contributed by atoms with Crippen molar-refractivity contribution in [3.05, 3.63) is 65.5 Å². The van der Waals surface area contributed by atoms with E-state index in [1.165, 1.54) is 68.9 Å². The van der Waals surface area contributed by atoms with Crippen LogP contribution in [0.4, 0.5) is 14.9 Å². The van der Waals surface area contributed by atoms with Gasteiger partial charge < -0.3 is 15.1 Å². The predicted molar refractivity (Wildman–Crippen MR) is 159 cm³/mol. The highest BCUT2D eigenvalue weighted by Crippen LogP contribution is 2.61. The lowest BCUT2D eigenvalue weighted by atomic mass is 9.48. The molecule has 2 heterocycles. The third kappa shape index (κ3) is 5.55. The van der Waals surface area contributed by atoms with Crippen molar-refractivity contribution in [2.45, 2.75) is 76.0 Å². The second kappa shape index (κ2) is 11.1. The molecule has 4 bridgehead atoms. The minimum absolute atomic E-state index is 0.0971. The number of nitrogens with zero attached hydrogens (tertiary/aromatic N) is 2. The van der Waals surface area contributed by atoms with Crippen LogP contribution in [0.1, 0.15) is 75.3 Å². The summed E-state index contributed by atoms with van der Waals surface area (Å²) in [5.74, 6) is 3.76. The van der Waals surface area contributed by atoms with Gasteiger partial charge in [0.2, 0.25) is 0 Å². The lowest BCUT2D eigenvalue weighted by Crippen LogP contribution is -2.49. The Morgan fingerprint density at radius 3 is 2.23 bits per heavy atom. The summed E-state index contributed by atoms with van der Waals surface area (Å²) in [7, 11) is 0. The smallest absolute Gasteiger partial charge is 0.321 e. The van der Waals surface area contributed by atoms with Crippen LogP contribution in [-0.2, 0) is 11.8 Å². The summed E-state index contributed by atoms with van der Waals surface area (Å²) in [5.41, 5.74) is 4.02. The van der Waals surface area contributed by atoms with Gasteiger partial charge >= 0.3 is 6.03 Å². The highest BCUT2D eigenvalue weighted by atomic mass is 19.1. The van der Waals surface area contributed by atoms with Gasteiger partial charge in [0.05, 0.1) is 0 Å². The summed E-state index contributed by atoms with van der Waals surface area (Å²) in [6, 6.07) is 15.9. The number of hydrogen-bond acceptors (Lipinski definition) is 2. The molecule has 0 spiro atoms. The van der Waals surface area contributed by atoms with E-state index in [1.807, 2.05) is 12.1 Å². The molecule has 6 fully saturated rings. The van der Waals surface area contributed by atoms with Gasteiger partial charge in [-0.3, -0.25) is 0 Å². The van der Waals surface area contributed by atoms with Crippen LogP contribution in [-0.4, -0.2) is 48.6 Å². The van der Waals surface area contributed by atoms with Crippen LogP contribution in [0.15, 0.2) is 48.5 Å². The molecule has 8 rings (SSSR count). The Kier molecular flexibility index (Phi) is 7.36. The van der Waals surface area contributed by atoms with Crippen molar-refractivity contribution in [2.75, 3.05) is 38.0 Å². The van der Waals surface area contributed by atoms with Gasteiger partial charge in [-0.25, -0.2) is 9.18 Å². The molecule has 6 aliphatic rings. The van der Waals surface area contributed by atoms with Crippen molar-refractivity contribution < 1.29 is 9.18 Å². The zero-order chi connectivity index (χ0) is 27.1. The lowest BCUT2D eigenvalue weighted by Gasteiger charge is -2.57. The number of carbonyl (C=O) groups is 1. The molecule has 5 heteroatoms. The third-order valence-corrected chi connectivity index (χ3v) is 11.2. The lowest BCUT2D eigenvalue weighted by molar-refractivity contribution is -0.00485. The average Bonchev–Trinajstić information content (AvgIpc) is 2.95. The summed E-state index contributed by atoms with van der Waals surface area (Å²) >= 11 is 0. The van der Waals surface area contributed by atoms with Crippen LogP contribution in [0.5, 0.6) is 0 Å². The molecule has 1 atom stereocenters. The molecular formula is C35H46FN3O. The molecule has 2 aliphatic heterocycles. The van der Waals surface area contributed by atoms with Crippen molar-refractivity contribution in [3.8, 4) is 0 Å². The highest BCUT2D eigenvalue weighted by molar-refractivity contribution is 5.90. The Morgan fingerprint density at radius 1 is 0.850 bits per heavy atom. The first-order chi connectivity index (χ1) is 19.5. The average molecular weight is 544 g/mol. The van der Waals surface area contributed by atoms with Crippen LogP contribution in [0.25, 0.3) is 0 Å². The van der Waals surface area contributed by atoms with E-state index in [2.05, 4.69) is 39.4 Å². The van der Waals surface area contributed by atoms with E-state index in [0.29, 0.717) is 11.8 Å². The fourth-order valence-electron chi connectivity index (χ4n) is 9.78. The predicted octanol–water partition coefficient (Wildman–Crippen LogP) is 7.49. The standard InChI is InChI=1S/C35H46FN3O/c36-31-9-7-25(8-10-31)16-26-11-14-38(15-12-26)23-27-4-3-13-39(24-27)34(40)37-33-6-2-1-5-32(33)35-20-28-17-29(21-35)19-30(18-28)22-35/h1-2,5-10,26-30H,3-4,11-24H2,(H,37,40). The molecule has 0 radical (unpaired) electrons. The molecule has 214 valence electrons. The summed E-state index contributed by atoms with van der Waals surface area (Å²) in [5, 5.41) is 3.41. The number of halogens is 1. The molecule has 2 amide bonds. The number of carbonyl (C=O) groups excluding carboxylic acids is 1. The van der Waals surface area contributed by atoms with E-state index in [4.69, 9.17) is 0 Å². The van der Waals surface area contributed by atoms with Crippen LogP contribution in [0.3, 0.4) is 0 Å². The monoisotopic (exact) mass is 543 g/mol. The van der Waals surface area contributed by atoms with Gasteiger partial charge in [-0.05, 0) is 148 Å². The second-order valence-electron chi connectivity index (χ2n) is 14.2. The van der Waals surface area contributed by atoms with Crippen molar-refractivity contribution in [3.63, 3.8) is 0 Å². The zero-order valence-corrected chi connectivity index (χ0v) is 24.0. The van der Waals surface area contributed by atoms with E-state index >= 15 is 0 Å². The van der Waals surface area contributed by atoms with Crippen molar-refractivity contribution in [2.24, 2.45) is 29.6 Å². The Morgan fingerprint density at radius 2 is 1.52 bits per heavy atom. The number of urea groups is 1.